The average Bonchev–Trinajstić information content (AvgIpc) is 3.41. The second-order valence-corrected chi connectivity index (χ2v) is 11.0. The van der Waals surface area contributed by atoms with Crippen molar-refractivity contribution in [2.45, 2.75) is 32.3 Å². The smallest absolute Gasteiger partial charge is 0.236 e. The van der Waals surface area contributed by atoms with E-state index in [2.05, 4.69) is 88.9 Å². The minimum absolute atomic E-state index is 0.112. The van der Waals surface area contributed by atoms with Crippen LogP contribution in [0.3, 0.4) is 0 Å². The van der Waals surface area contributed by atoms with E-state index in [1.54, 1.807) is 0 Å². The summed E-state index contributed by atoms with van der Waals surface area (Å²) in [5.41, 5.74) is 5.67. The molecule has 0 aliphatic heterocycles. The molecule has 0 aliphatic rings. The molecular weight excluding hydrogens is 486 g/mol. The Labute approximate surface area is 218 Å². The van der Waals surface area contributed by atoms with Crippen LogP contribution in [0.2, 0.25) is 0 Å². The normalized spacial score (nSPS) is 11.2. The number of hydrogen-bond acceptors (Lipinski definition) is 6. The van der Waals surface area contributed by atoms with Crippen molar-refractivity contribution in [2.24, 2.45) is 7.05 Å². The molecule has 0 bridgehead atoms. The van der Waals surface area contributed by atoms with Gasteiger partial charge in [0.2, 0.25) is 5.91 Å². The fourth-order valence-corrected chi connectivity index (χ4v) is 5.72. The van der Waals surface area contributed by atoms with Crippen LogP contribution < -0.4 is 5.32 Å². The monoisotopic (exact) mass is 513 g/mol. The predicted octanol–water partition coefficient (Wildman–Crippen LogP) is 6.34. The van der Waals surface area contributed by atoms with Gasteiger partial charge in [-0.2, -0.15) is 0 Å². The second kappa shape index (κ2) is 10.2. The third kappa shape index (κ3) is 5.05. The van der Waals surface area contributed by atoms with Crippen molar-refractivity contribution in [3.63, 3.8) is 0 Å². The maximum atomic E-state index is 12.7. The maximum Gasteiger partial charge on any atom is 0.236 e. The molecular formula is C28H27N5OS2. The molecule has 3 aromatic carbocycles. The van der Waals surface area contributed by atoms with Crippen LogP contribution in [0.15, 0.2) is 65.8 Å². The Morgan fingerprint density at radius 2 is 1.81 bits per heavy atom. The summed E-state index contributed by atoms with van der Waals surface area (Å²) < 4.78 is 1.96. The van der Waals surface area contributed by atoms with E-state index in [1.807, 2.05) is 24.6 Å². The number of carbonyl (C=O) groups is 1. The Morgan fingerprint density at radius 1 is 1.00 bits per heavy atom. The van der Waals surface area contributed by atoms with E-state index in [1.165, 1.54) is 50.6 Å². The lowest BCUT2D eigenvalue weighted by Crippen LogP contribution is -2.14. The van der Waals surface area contributed by atoms with Crippen molar-refractivity contribution in [3.05, 3.63) is 88.1 Å². The highest BCUT2D eigenvalue weighted by Crippen LogP contribution is 2.31. The Kier molecular flexibility index (Phi) is 6.89. The third-order valence-corrected chi connectivity index (χ3v) is 8.22. The van der Waals surface area contributed by atoms with Gasteiger partial charge in [-0.25, -0.2) is 4.98 Å². The minimum Gasteiger partial charge on any atom is -0.309 e. The van der Waals surface area contributed by atoms with Crippen molar-refractivity contribution < 1.29 is 4.79 Å². The lowest BCUT2D eigenvalue weighted by Gasteiger charge is -2.07. The molecule has 2 aromatic heterocycles. The summed E-state index contributed by atoms with van der Waals surface area (Å²) in [6.45, 7) is 6.23. The highest BCUT2D eigenvalue weighted by Gasteiger charge is 2.16. The zero-order valence-corrected chi connectivity index (χ0v) is 22.3. The van der Waals surface area contributed by atoms with Gasteiger partial charge in [0.1, 0.15) is 5.82 Å². The first-order valence-electron chi connectivity index (χ1n) is 11.7. The van der Waals surface area contributed by atoms with E-state index in [0.717, 1.165) is 22.0 Å². The first-order chi connectivity index (χ1) is 17.4. The van der Waals surface area contributed by atoms with Gasteiger partial charge < -0.3 is 9.88 Å². The largest absolute Gasteiger partial charge is 0.309 e. The summed E-state index contributed by atoms with van der Waals surface area (Å²) in [5, 5.41) is 15.4. The molecule has 182 valence electrons. The van der Waals surface area contributed by atoms with Gasteiger partial charge in [0.25, 0.3) is 0 Å². The van der Waals surface area contributed by atoms with Crippen LogP contribution in [-0.4, -0.2) is 31.4 Å². The number of hydrogen-bond donors (Lipinski definition) is 1. The van der Waals surface area contributed by atoms with Gasteiger partial charge in [0.05, 0.1) is 11.4 Å². The number of fused-ring (bicyclic) bond motifs is 1. The van der Waals surface area contributed by atoms with Crippen LogP contribution in [0.4, 0.5) is 5.13 Å². The van der Waals surface area contributed by atoms with Gasteiger partial charge in [-0.15, -0.1) is 21.5 Å². The molecule has 1 N–H and O–H groups in total. The highest BCUT2D eigenvalue weighted by atomic mass is 32.2. The van der Waals surface area contributed by atoms with Gasteiger partial charge in [0.15, 0.2) is 10.3 Å². The standard InChI is InChI=1S/C28H27N5OS2/c1-17-12-13-22(14-18(17)2)26-19(3)36-27(30-26)29-25(34)16-35-28-32-31-24(33(28)4)15-21-10-7-9-20-8-5-6-11-23(20)21/h5-14H,15-16H2,1-4H3,(H,29,30,34). The number of rotatable bonds is 7. The number of aryl methyl sites for hydroxylation is 3. The van der Waals surface area contributed by atoms with Gasteiger partial charge in [0, 0.05) is 23.9 Å². The molecule has 0 aliphatic carbocycles. The number of amides is 1. The van der Waals surface area contributed by atoms with Crippen molar-refractivity contribution in [1.82, 2.24) is 19.7 Å². The predicted molar refractivity (Wildman–Crippen MR) is 149 cm³/mol. The summed E-state index contributed by atoms with van der Waals surface area (Å²) >= 11 is 2.87. The number of anilines is 1. The molecule has 1 amide bonds. The fraction of sp³-hybridized carbons (Fsp3) is 0.214. The van der Waals surface area contributed by atoms with Crippen LogP contribution in [0.5, 0.6) is 0 Å². The number of carbonyl (C=O) groups excluding carboxylic acids is 1. The lowest BCUT2D eigenvalue weighted by atomic mass is 10.0. The SMILES string of the molecule is Cc1ccc(-c2nc(NC(=O)CSc3nnc(Cc4cccc5ccccc45)n3C)sc2C)cc1C. The number of thioether (sulfide) groups is 1. The fourth-order valence-electron chi connectivity index (χ4n) is 4.13. The topological polar surface area (TPSA) is 72.7 Å². The number of aromatic nitrogens is 4. The zero-order valence-electron chi connectivity index (χ0n) is 20.7. The third-order valence-electron chi connectivity index (χ3n) is 6.31. The van der Waals surface area contributed by atoms with E-state index in [4.69, 9.17) is 0 Å². The molecule has 5 rings (SSSR count). The van der Waals surface area contributed by atoms with E-state index < -0.39 is 0 Å². The minimum atomic E-state index is -0.112. The lowest BCUT2D eigenvalue weighted by molar-refractivity contribution is -0.113. The zero-order chi connectivity index (χ0) is 25.2. The molecule has 6 nitrogen and oxygen atoms in total. The van der Waals surface area contributed by atoms with Gasteiger partial charge in [-0.05, 0) is 54.3 Å². The van der Waals surface area contributed by atoms with Crippen LogP contribution in [0, 0.1) is 20.8 Å². The summed E-state index contributed by atoms with van der Waals surface area (Å²) in [7, 11) is 1.95. The van der Waals surface area contributed by atoms with Crippen LogP contribution >= 0.6 is 23.1 Å². The summed E-state index contributed by atoms with van der Waals surface area (Å²) in [4.78, 5) is 18.4. The highest BCUT2D eigenvalue weighted by molar-refractivity contribution is 7.99. The van der Waals surface area contributed by atoms with Crippen molar-refractivity contribution in [1.29, 1.82) is 0 Å². The molecule has 0 unspecified atom stereocenters. The number of nitrogens with zero attached hydrogens (tertiary/aromatic N) is 4. The molecule has 0 fully saturated rings. The number of thiazole rings is 1. The molecule has 0 saturated heterocycles. The second-order valence-electron chi connectivity index (χ2n) is 8.83. The Balaban J connectivity index is 1.23. The van der Waals surface area contributed by atoms with Crippen LogP contribution in [0.1, 0.15) is 27.4 Å². The molecule has 0 radical (unpaired) electrons. The number of nitrogens with one attached hydrogen (secondary N) is 1. The molecule has 5 aromatic rings. The molecule has 2 heterocycles. The Hall–Kier alpha value is -3.49. The molecule has 8 heteroatoms. The van der Waals surface area contributed by atoms with Crippen molar-refractivity contribution in [3.8, 4) is 11.3 Å². The maximum absolute atomic E-state index is 12.7. The van der Waals surface area contributed by atoms with Crippen molar-refractivity contribution in [2.75, 3.05) is 11.1 Å². The number of benzene rings is 3. The van der Waals surface area contributed by atoms with Crippen LogP contribution in [-0.2, 0) is 18.3 Å². The molecule has 0 saturated carbocycles. The van der Waals surface area contributed by atoms with Gasteiger partial charge >= 0.3 is 0 Å². The van der Waals surface area contributed by atoms with E-state index >= 15 is 0 Å². The molecule has 0 spiro atoms. The summed E-state index contributed by atoms with van der Waals surface area (Å²) in [6.07, 6.45) is 0.678. The quantitative estimate of drug-likeness (QED) is 0.257. The van der Waals surface area contributed by atoms with Crippen LogP contribution in [0.25, 0.3) is 22.0 Å². The van der Waals surface area contributed by atoms with Crippen molar-refractivity contribution >= 4 is 44.9 Å². The van der Waals surface area contributed by atoms with E-state index in [0.29, 0.717) is 16.7 Å². The summed E-state index contributed by atoms with van der Waals surface area (Å²) in [5.74, 6) is 0.986. The average molecular weight is 514 g/mol. The Bertz CT molecular complexity index is 1560. The Morgan fingerprint density at radius 3 is 2.64 bits per heavy atom. The van der Waals surface area contributed by atoms with Gasteiger partial charge in [-0.1, -0.05) is 66.4 Å². The first kappa shape index (κ1) is 24.2. The molecule has 36 heavy (non-hydrogen) atoms. The summed E-state index contributed by atoms with van der Waals surface area (Å²) in [6, 6.07) is 21.0. The molecule has 0 atom stereocenters. The van der Waals surface area contributed by atoms with E-state index in [-0.39, 0.29) is 11.7 Å². The van der Waals surface area contributed by atoms with E-state index in [9.17, 15) is 4.79 Å². The first-order valence-corrected chi connectivity index (χ1v) is 13.5. The van der Waals surface area contributed by atoms with Gasteiger partial charge in [-0.3, -0.25) is 4.79 Å².